The van der Waals surface area contributed by atoms with Crippen LogP contribution in [0.3, 0.4) is 0 Å². The zero-order chi connectivity index (χ0) is 23.3. The zero-order valence-corrected chi connectivity index (χ0v) is 20.4. The van der Waals surface area contributed by atoms with Gasteiger partial charge in [0.15, 0.2) is 0 Å². The van der Waals surface area contributed by atoms with Crippen LogP contribution in [-0.4, -0.2) is 43.4 Å². The van der Waals surface area contributed by atoms with Crippen molar-refractivity contribution in [2.45, 2.75) is 45.8 Å². The van der Waals surface area contributed by atoms with Crippen molar-refractivity contribution in [2.24, 2.45) is 5.92 Å². The monoisotopic (exact) mass is 472 g/mol. The number of benzene rings is 2. The number of nitrogens with zero attached hydrogens (tertiary/aromatic N) is 2. The number of amides is 3. The third-order valence-corrected chi connectivity index (χ3v) is 5.60. The van der Waals surface area contributed by atoms with Gasteiger partial charge >= 0.3 is 0 Å². The van der Waals surface area contributed by atoms with Crippen LogP contribution in [0.15, 0.2) is 54.6 Å². The summed E-state index contributed by atoms with van der Waals surface area (Å²) < 4.78 is 0. The van der Waals surface area contributed by atoms with E-state index >= 15 is 0 Å². The first kappa shape index (κ1) is 26.4. The standard InChI is InChI=1S/C25H32N4O3.ClH/c1-17(2)14-23(30)28-16-20(27-24(31)18(3)26-4)25(32)29(15-19-10-6-5-7-11-19)22-13-9-8-12-21(22)28;/h5-13,17-18,20,26H,14-16H2,1-4H3,(H,27,31);1H. The lowest BCUT2D eigenvalue weighted by Gasteiger charge is -2.26. The van der Waals surface area contributed by atoms with Gasteiger partial charge in [0, 0.05) is 6.42 Å². The minimum Gasteiger partial charge on any atom is -0.341 e. The number of hydrogen-bond donors (Lipinski definition) is 2. The predicted octanol–water partition coefficient (Wildman–Crippen LogP) is 3.13. The van der Waals surface area contributed by atoms with Crippen molar-refractivity contribution < 1.29 is 14.4 Å². The fourth-order valence-corrected chi connectivity index (χ4v) is 3.75. The molecule has 2 unspecified atom stereocenters. The topological polar surface area (TPSA) is 81.8 Å². The molecule has 0 aliphatic carbocycles. The number of carbonyl (C=O) groups is 3. The molecular weight excluding hydrogens is 440 g/mol. The summed E-state index contributed by atoms with van der Waals surface area (Å²) in [4.78, 5) is 42.8. The third kappa shape index (κ3) is 6.33. The second-order valence-electron chi connectivity index (χ2n) is 8.57. The fraction of sp³-hybridized carbons (Fsp3) is 0.400. The van der Waals surface area contributed by atoms with Gasteiger partial charge in [0.05, 0.1) is 30.5 Å². The van der Waals surface area contributed by atoms with E-state index in [1.54, 1.807) is 23.8 Å². The summed E-state index contributed by atoms with van der Waals surface area (Å²) in [5.74, 6) is -0.417. The van der Waals surface area contributed by atoms with Crippen LogP contribution in [-0.2, 0) is 20.9 Å². The minimum atomic E-state index is -0.856. The molecule has 3 rings (SSSR count). The number of halogens is 1. The summed E-state index contributed by atoms with van der Waals surface area (Å²) in [6.45, 7) is 6.14. The Morgan fingerprint density at radius 1 is 1.00 bits per heavy atom. The van der Waals surface area contributed by atoms with Crippen molar-refractivity contribution in [3.63, 3.8) is 0 Å². The van der Waals surface area contributed by atoms with E-state index in [0.29, 0.717) is 24.3 Å². The summed E-state index contributed by atoms with van der Waals surface area (Å²) in [5, 5.41) is 5.76. The van der Waals surface area contributed by atoms with Crippen molar-refractivity contribution in [1.29, 1.82) is 0 Å². The van der Waals surface area contributed by atoms with E-state index in [1.165, 1.54) is 0 Å². The van der Waals surface area contributed by atoms with Gasteiger partial charge in [-0.3, -0.25) is 14.4 Å². The van der Waals surface area contributed by atoms with E-state index in [9.17, 15) is 14.4 Å². The number of anilines is 2. The first-order chi connectivity index (χ1) is 15.3. The molecule has 1 aliphatic rings. The van der Waals surface area contributed by atoms with E-state index in [2.05, 4.69) is 10.6 Å². The normalized spacial score (nSPS) is 16.5. The number of likely N-dealkylation sites (N-methyl/N-ethyl adjacent to an activating group) is 1. The van der Waals surface area contributed by atoms with E-state index in [0.717, 1.165) is 5.56 Å². The second-order valence-corrected chi connectivity index (χ2v) is 8.57. The Morgan fingerprint density at radius 2 is 1.61 bits per heavy atom. The molecule has 7 nitrogen and oxygen atoms in total. The van der Waals surface area contributed by atoms with Crippen LogP contribution >= 0.6 is 12.4 Å². The molecule has 0 aromatic heterocycles. The van der Waals surface area contributed by atoms with Crippen molar-refractivity contribution in [3.8, 4) is 0 Å². The predicted molar refractivity (Wildman–Crippen MR) is 134 cm³/mol. The van der Waals surface area contributed by atoms with E-state index in [1.807, 2.05) is 68.4 Å². The number of rotatable bonds is 7. The highest BCUT2D eigenvalue weighted by Crippen LogP contribution is 2.34. The van der Waals surface area contributed by atoms with E-state index in [4.69, 9.17) is 0 Å². The molecule has 1 aliphatic heterocycles. The maximum Gasteiger partial charge on any atom is 0.251 e. The quantitative estimate of drug-likeness (QED) is 0.648. The molecule has 0 radical (unpaired) electrons. The van der Waals surface area contributed by atoms with Gasteiger partial charge in [0.25, 0.3) is 5.91 Å². The van der Waals surface area contributed by atoms with Gasteiger partial charge < -0.3 is 20.4 Å². The molecule has 2 N–H and O–H groups in total. The van der Waals surface area contributed by atoms with Gasteiger partial charge in [-0.1, -0.05) is 56.3 Å². The van der Waals surface area contributed by atoms with Crippen LogP contribution in [0.4, 0.5) is 11.4 Å². The Labute approximate surface area is 201 Å². The Hall–Kier alpha value is -2.90. The molecular formula is C25H33ClN4O3. The maximum absolute atomic E-state index is 13.7. The van der Waals surface area contributed by atoms with Crippen molar-refractivity contribution in [1.82, 2.24) is 10.6 Å². The van der Waals surface area contributed by atoms with Gasteiger partial charge in [0.2, 0.25) is 11.8 Å². The highest BCUT2D eigenvalue weighted by molar-refractivity contribution is 6.08. The van der Waals surface area contributed by atoms with Crippen LogP contribution in [0.5, 0.6) is 0 Å². The van der Waals surface area contributed by atoms with Crippen LogP contribution in [0.2, 0.25) is 0 Å². The molecule has 0 saturated heterocycles. The first-order valence-corrected chi connectivity index (χ1v) is 11.0. The van der Waals surface area contributed by atoms with Crippen LogP contribution in [0.25, 0.3) is 0 Å². The highest BCUT2D eigenvalue weighted by Gasteiger charge is 2.37. The largest absolute Gasteiger partial charge is 0.341 e. The van der Waals surface area contributed by atoms with Gasteiger partial charge in [0.1, 0.15) is 6.04 Å². The zero-order valence-electron chi connectivity index (χ0n) is 19.6. The lowest BCUT2D eigenvalue weighted by Crippen LogP contribution is -2.55. The molecule has 2 aromatic carbocycles. The molecule has 0 saturated carbocycles. The Kier molecular flexibility index (Phi) is 9.44. The van der Waals surface area contributed by atoms with E-state index < -0.39 is 12.1 Å². The number of nitrogens with one attached hydrogen (secondary N) is 2. The summed E-state index contributed by atoms with van der Waals surface area (Å²) in [7, 11) is 1.69. The van der Waals surface area contributed by atoms with Crippen LogP contribution in [0, 0.1) is 5.92 Å². The number of hydrogen-bond acceptors (Lipinski definition) is 4. The van der Waals surface area contributed by atoms with Crippen molar-refractivity contribution in [3.05, 3.63) is 60.2 Å². The maximum atomic E-state index is 13.7. The molecule has 0 fully saturated rings. The lowest BCUT2D eigenvalue weighted by molar-refractivity contribution is -0.128. The molecule has 2 aromatic rings. The molecule has 0 spiro atoms. The molecule has 2 atom stereocenters. The number of fused-ring (bicyclic) bond motifs is 1. The molecule has 178 valence electrons. The van der Waals surface area contributed by atoms with Crippen LogP contribution in [0.1, 0.15) is 32.8 Å². The number of para-hydroxylation sites is 2. The Morgan fingerprint density at radius 3 is 2.21 bits per heavy atom. The summed E-state index contributed by atoms with van der Waals surface area (Å²) in [5.41, 5.74) is 2.31. The molecule has 1 heterocycles. The van der Waals surface area contributed by atoms with Gasteiger partial charge in [-0.25, -0.2) is 0 Å². The molecule has 8 heteroatoms. The first-order valence-electron chi connectivity index (χ1n) is 11.0. The third-order valence-electron chi connectivity index (χ3n) is 5.60. The number of carbonyl (C=O) groups excluding carboxylic acids is 3. The Balaban J connectivity index is 0.00000385. The summed E-state index contributed by atoms with van der Waals surface area (Å²) >= 11 is 0. The summed E-state index contributed by atoms with van der Waals surface area (Å²) in [6, 6.07) is 15.8. The van der Waals surface area contributed by atoms with Crippen molar-refractivity contribution in [2.75, 3.05) is 23.4 Å². The smallest absolute Gasteiger partial charge is 0.251 e. The molecule has 33 heavy (non-hydrogen) atoms. The average molecular weight is 473 g/mol. The Bertz CT molecular complexity index is 967. The lowest BCUT2D eigenvalue weighted by atomic mass is 10.1. The van der Waals surface area contributed by atoms with Gasteiger partial charge in [-0.15, -0.1) is 12.4 Å². The average Bonchev–Trinajstić information content (AvgIpc) is 2.89. The fourth-order valence-electron chi connectivity index (χ4n) is 3.75. The second kappa shape index (κ2) is 11.8. The SMILES string of the molecule is CNC(C)C(=O)NC1CN(C(=O)CC(C)C)c2ccccc2N(Cc2ccccc2)C1=O.Cl. The minimum absolute atomic E-state index is 0. The highest BCUT2D eigenvalue weighted by atomic mass is 35.5. The van der Waals surface area contributed by atoms with Gasteiger partial charge in [-0.2, -0.15) is 0 Å². The molecule has 3 amide bonds. The molecule has 0 bridgehead atoms. The van der Waals surface area contributed by atoms with Crippen molar-refractivity contribution >= 4 is 41.5 Å². The summed E-state index contributed by atoms with van der Waals surface area (Å²) in [6.07, 6.45) is 0.356. The van der Waals surface area contributed by atoms with Gasteiger partial charge in [-0.05, 0) is 37.6 Å². The van der Waals surface area contributed by atoms with Crippen LogP contribution < -0.4 is 20.4 Å². The van der Waals surface area contributed by atoms with E-state index in [-0.39, 0.29) is 42.6 Å².